The van der Waals surface area contributed by atoms with Crippen molar-refractivity contribution in [3.8, 4) is 5.75 Å². The lowest BCUT2D eigenvalue weighted by Gasteiger charge is -2.35. The Bertz CT molecular complexity index is 477. The number of benzene rings is 1. The Labute approximate surface area is 128 Å². The van der Waals surface area contributed by atoms with Crippen molar-refractivity contribution >= 4 is 21.8 Å². The molecule has 1 heterocycles. The van der Waals surface area contributed by atoms with Crippen LogP contribution in [0.4, 0.5) is 0 Å². The summed E-state index contributed by atoms with van der Waals surface area (Å²) >= 11 is 3.44. The van der Waals surface area contributed by atoms with Crippen LogP contribution in [-0.4, -0.2) is 44.1 Å². The zero-order valence-corrected chi connectivity index (χ0v) is 13.6. The molecule has 1 aromatic rings. The third-order valence-electron chi connectivity index (χ3n) is 3.73. The number of nitrogens with one attached hydrogen (secondary N) is 1. The second-order valence-corrected chi connectivity index (χ2v) is 5.91. The number of methoxy groups -OCH3 is 1. The van der Waals surface area contributed by atoms with Gasteiger partial charge in [-0.05, 0) is 60.4 Å². The fourth-order valence-electron chi connectivity index (χ4n) is 2.68. The maximum Gasteiger partial charge on any atom is 0.254 e. The molecule has 0 aliphatic carbocycles. The summed E-state index contributed by atoms with van der Waals surface area (Å²) in [4.78, 5) is 14.7. The highest BCUT2D eigenvalue weighted by Crippen LogP contribution is 2.27. The highest BCUT2D eigenvalue weighted by atomic mass is 79.9. The quantitative estimate of drug-likeness (QED) is 0.916. The molecular formula is C15H21BrN2O2. The first kappa shape index (κ1) is 15.3. The van der Waals surface area contributed by atoms with Crippen LogP contribution < -0.4 is 10.1 Å². The van der Waals surface area contributed by atoms with Crippen LogP contribution in [-0.2, 0) is 0 Å². The molecule has 1 aromatic carbocycles. The summed E-state index contributed by atoms with van der Waals surface area (Å²) in [5, 5.41) is 3.18. The molecule has 1 amide bonds. The number of rotatable bonds is 4. The smallest absolute Gasteiger partial charge is 0.254 e. The van der Waals surface area contributed by atoms with Gasteiger partial charge in [-0.3, -0.25) is 4.79 Å². The second kappa shape index (κ2) is 7.09. The van der Waals surface area contributed by atoms with Crippen molar-refractivity contribution in [1.82, 2.24) is 10.2 Å². The minimum Gasteiger partial charge on any atom is -0.496 e. The average molecular weight is 341 g/mol. The fraction of sp³-hybridized carbons (Fsp3) is 0.533. The lowest BCUT2D eigenvalue weighted by molar-refractivity contribution is 0.0615. The van der Waals surface area contributed by atoms with E-state index in [1.807, 2.05) is 30.1 Å². The van der Waals surface area contributed by atoms with Crippen molar-refractivity contribution in [3.05, 3.63) is 28.2 Å². The Kier molecular flexibility index (Phi) is 5.43. The van der Waals surface area contributed by atoms with Gasteiger partial charge < -0.3 is 15.0 Å². The van der Waals surface area contributed by atoms with Gasteiger partial charge in [0.25, 0.3) is 5.91 Å². The van der Waals surface area contributed by atoms with E-state index in [1.54, 1.807) is 7.11 Å². The second-order valence-electron chi connectivity index (χ2n) is 5.06. The van der Waals surface area contributed by atoms with Crippen molar-refractivity contribution in [2.75, 3.05) is 27.2 Å². The summed E-state index contributed by atoms with van der Waals surface area (Å²) in [6.45, 7) is 1.69. The summed E-state index contributed by atoms with van der Waals surface area (Å²) in [5.41, 5.74) is 0.709. The van der Waals surface area contributed by atoms with Gasteiger partial charge in [0.05, 0.1) is 11.6 Å². The van der Waals surface area contributed by atoms with E-state index >= 15 is 0 Å². The molecule has 20 heavy (non-hydrogen) atoms. The van der Waals surface area contributed by atoms with Crippen LogP contribution >= 0.6 is 15.9 Å². The van der Waals surface area contributed by atoms with Gasteiger partial charge in [0.2, 0.25) is 0 Å². The summed E-state index contributed by atoms with van der Waals surface area (Å²) in [7, 11) is 3.55. The number of carbonyl (C=O) groups is 1. The molecular weight excluding hydrogens is 320 g/mol. The molecule has 0 bridgehead atoms. The van der Waals surface area contributed by atoms with E-state index in [0.717, 1.165) is 36.2 Å². The van der Waals surface area contributed by atoms with E-state index in [0.29, 0.717) is 11.6 Å². The molecule has 0 aromatic heterocycles. The van der Waals surface area contributed by atoms with Crippen molar-refractivity contribution in [3.63, 3.8) is 0 Å². The number of piperidine rings is 1. The Morgan fingerprint density at radius 1 is 1.50 bits per heavy atom. The van der Waals surface area contributed by atoms with Crippen LogP contribution in [0.25, 0.3) is 0 Å². The zero-order valence-electron chi connectivity index (χ0n) is 12.0. The maximum absolute atomic E-state index is 12.7. The number of likely N-dealkylation sites (N-methyl/N-ethyl adjacent to an activating group) is 1. The van der Waals surface area contributed by atoms with Gasteiger partial charge in [-0.25, -0.2) is 0 Å². The SMILES string of the molecule is CNCC1CCCCN1C(=O)c1ccc(OC)c(Br)c1. The number of hydrogen-bond donors (Lipinski definition) is 1. The van der Waals surface area contributed by atoms with Crippen LogP contribution in [0, 0.1) is 0 Å². The molecule has 1 unspecified atom stereocenters. The highest BCUT2D eigenvalue weighted by molar-refractivity contribution is 9.10. The first-order chi connectivity index (χ1) is 9.67. The standard InChI is InChI=1S/C15H21BrN2O2/c1-17-10-12-5-3-4-8-18(12)15(19)11-6-7-14(20-2)13(16)9-11/h6-7,9,12,17H,3-5,8,10H2,1-2H3. The molecule has 4 nitrogen and oxygen atoms in total. The third-order valence-corrected chi connectivity index (χ3v) is 4.35. The zero-order chi connectivity index (χ0) is 14.5. The monoisotopic (exact) mass is 340 g/mol. The molecule has 1 saturated heterocycles. The van der Waals surface area contributed by atoms with Gasteiger partial charge in [-0.1, -0.05) is 0 Å². The van der Waals surface area contributed by atoms with Gasteiger partial charge in [-0.2, -0.15) is 0 Å². The predicted octanol–water partition coefficient (Wildman–Crippen LogP) is 2.67. The van der Waals surface area contributed by atoms with Crippen LogP contribution in [0.15, 0.2) is 22.7 Å². The van der Waals surface area contributed by atoms with Crippen molar-refractivity contribution in [1.29, 1.82) is 0 Å². The van der Waals surface area contributed by atoms with Crippen molar-refractivity contribution in [2.24, 2.45) is 0 Å². The van der Waals surface area contributed by atoms with E-state index < -0.39 is 0 Å². The minimum atomic E-state index is 0.105. The number of amides is 1. The molecule has 1 aliphatic heterocycles. The molecule has 0 radical (unpaired) electrons. The summed E-state index contributed by atoms with van der Waals surface area (Å²) in [6.07, 6.45) is 3.36. The number of hydrogen-bond acceptors (Lipinski definition) is 3. The number of likely N-dealkylation sites (tertiary alicyclic amines) is 1. The predicted molar refractivity (Wildman–Crippen MR) is 83.3 cm³/mol. The van der Waals surface area contributed by atoms with Crippen molar-refractivity contribution < 1.29 is 9.53 Å². The van der Waals surface area contributed by atoms with Crippen LogP contribution in [0.2, 0.25) is 0 Å². The van der Waals surface area contributed by atoms with Gasteiger partial charge in [0, 0.05) is 24.7 Å². The summed E-state index contributed by atoms with van der Waals surface area (Å²) < 4.78 is 6.02. The molecule has 0 saturated carbocycles. The molecule has 0 spiro atoms. The number of ether oxygens (including phenoxy) is 1. The van der Waals surface area contributed by atoms with Crippen LogP contribution in [0.1, 0.15) is 29.6 Å². The largest absolute Gasteiger partial charge is 0.496 e. The topological polar surface area (TPSA) is 41.6 Å². The van der Waals surface area contributed by atoms with Crippen LogP contribution in [0.5, 0.6) is 5.75 Å². The highest BCUT2D eigenvalue weighted by Gasteiger charge is 2.27. The first-order valence-corrected chi connectivity index (χ1v) is 7.75. The van der Waals surface area contributed by atoms with Gasteiger partial charge >= 0.3 is 0 Å². The normalized spacial score (nSPS) is 18.9. The number of carbonyl (C=O) groups excluding carboxylic acids is 1. The number of halogens is 1. The third kappa shape index (κ3) is 3.33. The fourth-order valence-corrected chi connectivity index (χ4v) is 3.22. The number of nitrogens with zero attached hydrogens (tertiary/aromatic N) is 1. The van der Waals surface area contributed by atoms with Gasteiger partial charge in [-0.15, -0.1) is 0 Å². The van der Waals surface area contributed by atoms with E-state index in [1.165, 1.54) is 6.42 Å². The van der Waals surface area contributed by atoms with E-state index in [2.05, 4.69) is 21.2 Å². The first-order valence-electron chi connectivity index (χ1n) is 6.96. The Hall–Kier alpha value is -1.07. The lowest BCUT2D eigenvalue weighted by Crippen LogP contribution is -2.48. The maximum atomic E-state index is 12.7. The minimum absolute atomic E-state index is 0.105. The Morgan fingerprint density at radius 3 is 2.95 bits per heavy atom. The van der Waals surface area contributed by atoms with Crippen molar-refractivity contribution in [2.45, 2.75) is 25.3 Å². The summed E-state index contributed by atoms with van der Waals surface area (Å²) in [6, 6.07) is 5.79. The molecule has 5 heteroatoms. The summed E-state index contributed by atoms with van der Waals surface area (Å²) in [5.74, 6) is 0.847. The molecule has 1 fully saturated rings. The van der Waals surface area contributed by atoms with Crippen LogP contribution in [0.3, 0.4) is 0 Å². The Balaban J connectivity index is 2.18. The molecule has 1 aliphatic rings. The van der Waals surface area contributed by atoms with Gasteiger partial charge in [0.1, 0.15) is 5.75 Å². The average Bonchev–Trinajstić information content (AvgIpc) is 2.47. The van der Waals surface area contributed by atoms with E-state index in [4.69, 9.17) is 4.74 Å². The lowest BCUT2D eigenvalue weighted by atomic mass is 10.0. The molecule has 110 valence electrons. The van der Waals surface area contributed by atoms with E-state index in [-0.39, 0.29) is 5.91 Å². The van der Waals surface area contributed by atoms with E-state index in [9.17, 15) is 4.79 Å². The van der Waals surface area contributed by atoms with Gasteiger partial charge in [0.15, 0.2) is 0 Å². The molecule has 1 N–H and O–H groups in total. The Morgan fingerprint density at radius 2 is 2.30 bits per heavy atom. The molecule has 2 rings (SSSR count). The molecule has 1 atom stereocenters.